The molecule has 5 aromatic rings. The highest BCUT2D eigenvalue weighted by Crippen LogP contribution is 2.51. The van der Waals surface area contributed by atoms with Gasteiger partial charge in [0.2, 0.25) is 0 Å². The molecule has 1 fully saturated rings. The van der Waals surface area contributed by atoms with E-state index in [4.69, 9.17) is 38.9 Å². The fraction of sp³-hybridized carbons (Fsp3) is 0.259. The van der Waals surface area contributed by atoms with Gasteiger partial charge >= 0.3 is 0 Å². The van der Waals surface area contributed by atoms with E-state index in [0.717, 1.165) is 64.8 Å². The van der Waals surface area contributed by atoms with Crippen LogP contribution in [-0.4, -0.2) is 27.5 Å². The molecule has 0 amide bonds. The van der Waals surface area contributed by atoms with Gasteiger partial charge in [0.1, 0.15) is 11.2 Å². The van der Waals surface area contributed by atoms with Crippen molar-refractivity contribution in [1.29, 1.82) is 0 Å². The minimum absolute atomic E-state index is 0.114. The van der Waals surface area contributed by atoms with Crippen LogP contribution < -0.4 is 10.6 Å². The lowest BCUT2D eigenvalue weighted by atomic mass is 9.73. The highest BCUT2D eigenvalue weighted by Gasteiger charge is 2.46. The lowest BCUT2D eigenvalue weighted by Crippen LogP contribution is -2.44. The molecule has 1 spiro atoms. The zero-order chi connectivity index (χ0) is 23.7. The lowest BCUT2D eigenvalue weighted by Gasteiger charge is -2.42. The molecule has 176 valence electrons. The van der Waals surface area contributed by atoms with Gasteiger partial charge in [-0.2, -0.15) is 0 Å². The number of hydrogen-bond acceptors (Lipinski definition) is 5. The molecule has 4 heterocycles. The number of hydrogen-bond donors (Lipinski definition) is 1. The van der Waals surface area contributed by atoms with Crippen molar-refractivity contribution < 1.29 is 0 Å². The van der Waals surface area contributed by atoms with Crippen molar-refractivity contribution in [1.82, 2.24) is 14.4 Å². The average Bonchev–Trinajstić information content (AvgIpc) is 3.55. The quantitative estimate of drug-likeness (QED) is 0.290. The standard InChI is InChI=1S/C27H23Cl2N5S/c28-18-6-3-7-20(23(18)29)35-21-8-9-22-32-25(19-15-31-26(21)34(19)22)33-12-10-27(11-13-33)14-16-4-1-2-5-17(16)24(27)30/h1-9,15,24H,10-14,30H2/t24-/m0/s1. The van der Waals surface area contributed by atoms with Gasteiger partial charge in [-0.05, 0) is 60.1 Å². The Morgan fingerprint density at radius 2 is 1.80 bits per heavy atom. The fourth-order valence-electron chi connectivity index (χ4n) is 5.93. The predicted molar refractivity (Wildman–Crippen MR) is 143 cm³/mol. The molecule has 35 heavy (non-hydrogen) atoms. The normalized spacial score (nSPS) is 19.3. The molecule has 2 N–H and O–H groups in total. The van der Waals surface area contributed by atoms with Crippen LogP contribution in [0.25, 0.3) is 16.8 Å². The molecule has 1 atom stereocenters. The molecule has 8 heteroatoms. The van der Waals surface area contributed by atoms with Crippen LogP contribution in [0.15, 0.2) is 70.6 Å². The van der Waals surface area contributed by atoms with Crippen molar-refractivity contribution in [3.05, 3.63) is 82.0 Å². The number of imidazole rings is 2. The third kappa shape index (κ3) is 3.27. The molecule has 5 nitrogen and oxygen atoms in total. The second-order valence-corrected chi connectivity index (χ2v) is 11.5. The summed E-state index contributed by atoms with van der Waals surface area (Å²) in [6.45, 7) is 1.89. The first-order chi connectivity index (χ1) is 17.0. The van der Waals surface area contributed by atoms with Gasteiger partial charge in [-0.1, -0.05) is 65.3 Å². The molecule has 1 aliphatic heterocycles. The van der Waals surface area contributed by atoms with Crippen molar-refractivity contribution in [3.8, 4) is 0 Å². The van der Waals surface area contributed by atoms with Crippen molar-refractivity contribution in [2.45, 2.75) is 35.1 Å². The third-order valence-electron chi connectivity index (χ3n) is 7.83. The van der Waals surface area contributed by atoms with Gasteiger partial charge in [0, 0.05) is 24.0 Å². The minimum Gasteiger partial charge on any atom is -0.355 e. The van der Waals surface area contributed by atoms with Gasteiger partial charge in [0.15, 0.2) is 11.5 Å². The maximum atomic E-state index is 6.79. The summed E-state index contributed by atoms with van der Waals surface area (Å²) in [5, 5.41) is 1.12. The van der Waals surface area contributed by atoms with Crippen molar-refractivity contribution in [2.24, 2.45) is 11.1 Å². The van der Waals surface area contributed by atoms with E-state index in [9.17, 15) is 0 Å². The van der Waals surface area contributed by atoms with Crippen LogP contribution in [-0.2, 0) is 6.42 Å². The van der Waals surface area contributed by atoms with Gasteiger partial charge < -0.3 is 10.6 Å². The monoisotopic (exact) mass is 519 g/mol. The predicted octanol–water partition coefficient (Wildman–Crippen LogP) is 6.62. The molecule has 3 aromatic heterocycles. The van der Waals surface area contributed by atoms with E-state index in [1.807, 2.05) is 18.3 Å². The Balaban J connectivity index is 1.18. The topological polar surface area (TPSA) is 59.5 Å². The second-order valence-electron chi connectivity index (χ2n) is 9.65. The Morgan fingerprint density at radius 1 is 0.971 bits per heavy atom. The Labute approximate surface area is 217 Å². The first-order valence-corrected chi connectivity index (χ1v) is 13.4. The smallest absolute Gasteiger partial charge is 0.157 e. The van der Waals surface area contributed by atoms with Crippen molar-refractivity contribution >= 4 is 57.6 Å². The number of anilines is 1. The Kier molecular flexibility index (Phi) is 4.97. The van der Waals surface area contributed by atoms with Crippen molar-refractivity contribution in [2.75, 3.05) is 18.0 Å². The van der Waals surface area contributed by atoms with Crippen LogP contribution in [0.5, 0.6) is 0 Å². The minimum atomic E-state index is 0.114. The Bertz CT molecular complexity index is 1570. The van der Waals surface area contributed by atoms with Gasteiger partial charge in [-0.25, -0.2) is 9.97 Å². The van der Waals surface area contributed by atoms with Crippen LogP contribution in [0.3, 0.4) is 0 Å². The van der Waals surface area contributed by atoms with Crippen molar-refractivity contribution in [3.63, 3.8) is 0 Å². The summed E-state index contributed by atoms with van der Waals surface area (Å²) in [6, 6.07) is 18.6. The summed E-state index contributed by atoms with van der Waals surface area (Å²) < 4.78 is 2.15. The van der Waals surface area contributed by atoms with Crippen LogP contribution in [0.2, 0.25) is 10.0 Å². The van der Waals surface area contributed by atoms with Crippen LogP contribution >= 0.6 is 35.0 Å². The summed E-state index contributed by atoms with van der Waals surface area (Å²) in [5.41, 5.74) is 12.5. The SMILES string of the molecule is N[C@H]1c2ccccc2CC12CCN(c1nc3ccc(Sc4cccc(Cl)c4Cl)c4ncc1n34)CC2. The molecule has 1 saturated heterocycles. The molecular weight excluding hydrogens is 497 g/mol. The van der Waals surface area contributed by atoms with E-state index in [1.54, 1.807) is 17.8 Å². The first-order valence-electron chi connectivity index (χ1n) is 11.8. The van der Waals surface area contributed by atoms with E-state index in [-0.39, 0.29) is 11.5 Å². The molecule has 0 saturated carbocycles. The summed E-state index contributed by atoms with van der Waals surface area (Å²) in [7, 11) is 0. The van der Waals surface area contributed by atoms with E-state index in [0.29, 0.717) is 10.0 Å². The van der Waals surface area contributed by atoms with Gasteiger partial charge in [-0.3, -0.25) is 4.40 Å². The zero-order valence-electron chi connectivity index (χ0n) is 18.9. The van der Waals surface area contributed by atoms with E-state index >= 15 is 0 Å². The van der Waals surface area contributed by atoms with Crippen LogP contribution in [0.1, 0.15) is 30.0 Å². The molecule has 7 rings (SSSR count). The number of nitrogens with two attached hydrogens (primary N) is 1. The molecule has 2 aliphatic rings. The Hall–Kier alpha value is -2.51. The van der Waals surface area contributed by atoms with Crippen LogP contribution in [0, 0.1) is 5.41 Å². The number of fused-ring (bicyclic) bond motifs is 1. The first kappa shape index (κ1) is 21.7. The fourth-order valence-corrected chi connectivity index (χ4v) is 7.36. The number of nitrogens with zero attached hydrogens (tertiary/aromatic N) is 4. The zero-order valence-corrected chi connectivity index (χ0v) is 21.2. The number of aromatic nitrogens is 3. The van der Waals surface area contributed by atoms with Gasteiger partial charge in [0.25, 0.3) is 0 Å². The molecule has 0 radical (unpaired) electrons. The second kappa shape index (κ2) is 8.00. The number of pyridine rings is 1. The molecule has 2 aromatic carbocycles. The lowest BCUT2D eigenvalue weighted by molar-refractivity contribution is 0.187. The van der Waals surface area contributed by atoms with Crippen LogP contribution in [0.4, 0.5) is 5.82 Å². The highest BCUT2D eigenvalue weighted by atomic mass is 35.5. The maximum Gasteiger partial charge on any atom is 0.157 e. The largest absolute Gasteiger partial charge is 0.355 e. The van der Waals surface area contributed by atoms with E-state index in [2.05, 4.69) is 45.7 Å². The number of benzene rings is 2. The summed E-state index contributed by atoms with van der Waals surface area (Å²) >= 11 is 14.2. The molecule has 0 unspecified atom stereocenters. The van der Waals surface area contributed by atoms with Gasteiger partial charge in [-0.15, -0.1) is 0 Å². The molecular formula is C27H23Cl2N5S. The number of halogens is 2. The summed E-state index contributed by atoms with van der Waals surface area (Å²) in [5.74, 6) is 1.01. The molecule has 1 aliphatic carbocycles. The van der Waals surface area contributed by atoms with Gasteiger partial charge in [0.05, 0.1) is 21.1 Å². The summed E-state index contributed by atoms with van der Waals surface area (Å²) in [6.07, 6.45) is 5.15. The number of piperidine rings is 1. The Morgan fingerprint density at radius 3 is 2.63 bits per heavy atom. The maximum absolute atomic E-state index is 6.79. The molecule has 0 bridgehead atoms. The van der Waals surface area contributed by atoms with E-state index in [1.165, 1.54) is 11.1 Å². The summed E-state index contributed by atoms with van der Waals surface area (Å²) in [4.78, 5) is 14.1. The highest BCUT2D eigenvalue weighted by molar-refractivity contribution is 7.99. The number of rotatable bonds is 3. The third-order valence-corrected chi connectivity index (χ3v) is 9.86. The average molecular weight is 520 g/mol. The van der Waals surface area contributed by atoms with E-state index < -0.39 is 0 Å².